The van der Waals surface area contributed by atoms with Crippen LogP contribution >= 0.6 is 0 Å². The van der Waals surface area contributed by atoms with E-state index in [-0.39, 0.29) is 11.8 Å². The highest BCUT2D eigenvalue weighted by Gasteiger charge is 2.28. The predicted molar refractivity (Wildman–Crippen MR) is 129 cm³/mol. The quantitative estimate of drug-likeness (QED) is 0.571. The van der Waals surface area contributed by atoms with Crippen molar-refractivity contribution in [3.8, 4) is 11.6 Å². The minimum Gasteiger partial charge on any atom is -0.438 e. The van der Waals surface area contributed by atoms with E-state index in [1.165, 1.54) is 18.6 Å². The van der Waals surface area contributed by atoms with Gasteiger partial charge in [0, 0.05) is 37.8 Å². The first kappa shape index (κ1) is 22.1. The summed E-state index contributed by atoms with van der Waals surface area (Å²) in [5.41, 5.74) is 3.51. The van der Waals surface area contributed by atoms with Crippen LogP contribution in [0.5, 0.6) is 11.6 Å². The van der Waals surface area contributed by atoms with Gasteiger partial charge in [0.25, 0.3) is 0 Å². The maximum atomic E-state index is 13.8. The van der Waals surface area contributed by atoms with Gasteiger partial charge in [-0.2, -0.15) is 4.98 Å². The van der Waals surface area contributed by atoms with Crippen molar-refractivity contribution in [1.29, 1.82) is 0 Å². The van der Waals surface area contributed by atoms with Crippen LogP contribution in [0.4, 0.5) is 20.8 Å². The molecule has 0 bridgehead atoms. The van der Waals surface area contributed by atoms with Gasteiger partial charge in [-0.1, -0.05) is 23.8 Å². The lowest BCUT2D eigenvalue weighted by Crippen LogP contribution is -2.40. The standard InChI is InChI=1S/C26H28FN5O2/c1-18-8-10-20(11-9-18)28-26(33)32-15-12-23-22(17-32)24(34-21-7-5-6-19(27)16-21)30-25(29-23)31-13-3-2-4-14-31/h5-11,16H,2-4,12-15,17H2,1H3,(H,28,33). The first-order chi connectivity index (χ1) is 16.5. The molecule has 2 aliphatic rings. The molecule has 0 spiro atoms. The van der Waals surface area contributed by atoms with Crippen LogP contribution in [0.1, 0.15) is 36.1 Å². The fraction of sp³-hybridized carbons (Fsp3) is 0.346. The van der Waals surface area contributed by atoms with Crippen LogP contribution in [0.25, 0.3) is 0 Å². The number of carbonyl (C=O) groups excluding carboxylic acids is 1. The third kappa shape index (κ3) is 4.95. The number of urea groups is 1. The molecule has 0 saturated carbocycles. The number of aromatic nitrogens is 2. The van der Waals surface area contributed by atoms with Crippen LogP contribution in [0.15, 0.2) is 48.5 Å². The number of aryl methyl sites for hydroxylation is 1. The van der Waals surface area contributed by atoms with E-state index >= 15 is 0 Å². The number of amides is 2. The maximum Gasteiger partial charge on any atom is 0.322 e. The largest absolute Gasteiger partial charge is 0.438 e. The van der Waals surface area contributed by atoms with Crippen LogP contribution in [0.3, 0.4) is 0 Å². The van der Waals surface area contributed by atoms with E-state index in [1.807, 2.05) is 31.2 Å². The van der Waals surface area contributed by atoms with Gasteiger partial charge in [0.1, 0.15) is 11.6 Å². The molecule has 3 heterocycles. The molecule has 0 unspecified atom stereocenters. The molecular weight excluding hydrogens is 433 g/mol. The predicted octanol–water partition coefficient (Wildman–Crippen LogP) is 5.30. The summed E-state index contributed by atoms with van der Waals surface area (Å²) in [4.78, 5) is 26.5. The molecule has 34 heavy (non-hydrogen) atoms. The molecule has 1 N–H and O–H groups in total. The number of nitrogens with one attached hydrogen (secondary N) is 1. The summed E-state index contributed by atoms with van der Waals surface area (Å²) >= 11 is 0. The first-order valence-electron chi connectivity index (χ1n) is 11.8. The number of carbonyl (C=O) groups is 1. The molecule has 176 valence electrons. The van der Waals surface area contributed by atoms with Crippen molar-refractivity contribution < 1.29 is 13.9 Å². The number of fused-ring (bicyclic) bond motifs is 1. The average molecular weight is 462 g/mol. The van der Waals surface area contributed by atoms with Crippen molar-refractivity contribution in [3.63, 3.8) is 0 Å². The van der Waals surface area contributed by atoms with Gasteiger partial charge in [-0.25, -0.2) is 14.2 Å². The molecule has 2 aliphatic heterocycles. The Morgan fingerprint density at radius 2 is 1.82 bits per heavy atom. The average Bonchev–Trinajstić information content (AvgIpc) is 2.85. The third-order valence-electron chi connectivity index (χ3n) is 6.25. The maximum absolute atomic E-state index is 13.8. The Hall–Kier alpha value is -3.68. The minimum absolute atomic E-state index is 0.189. The van der Waals surface area contributed by atoms with E-state index in [0.717, 1.165) is 48.4 Å². The molecule has 1 fully saturated rings. The molecule has 0 radical (unpaired) electrons. The molecule has 5 rings (SSSR count). The van der Waals surface area contributed by atoms with Crippen molar-refractivity contribution in [2.24, 2.45) is 0 Å². The van der Waals surface area contributed by atoms with E-state index < -0.39 is 0 Å². The van der Waals surface area contributed by atoms with Crippen molar-refractivity contribution >= 4 is 17.7 Å². The number of hydrogen-bond acceptors (Lipinski definition) is 5. The topological polar surface area (TPSA) is 70.6 Å². The SMILES string of the molecule is Cc1ccc(NC(=O)N2CCc3nc(N4CCCCC4)nc(Oc4cccc(F)c4)c3C2)cc1. The fourth-order valence-electron chi connectivity index (χ4n) is 4.35. The number of piperidine rings is 1. The Bertz CT molecular complexity index is 1180. The van der Waals surface area contributed by atoms with Crippen molar-refractivity contribution in [2.75, 3.05) is 29.9 Å². The fourth-order valence-corrected chi connectivity index (χ4v) is 4.35. The van der Waals surface area contributed by atoms with Crippen molar-refractivity contribution in [1.82, 2.24) is 14.9 Å². The van der Waals surface area contributed by atoms with Crippen molar-refractivity contribution in [2.45, 2.75) is 39.2 Å². The smallest absolute Gasteiger partial charge is 0.322 e. The summed E-state index contributed by atoms with van der Waals surface area (Å²) in [7, 11) is 0. The Balaban J connectivity index is 1.42. The van der Waals surface area contributed by atoms with E-state index in [4.69, 9.17) is 14.7 Å². The monoisotopic (exact) mass is 461 g/mol. The van der Waals surface area contributed by atoms with Gasteiger partial charge in [0.05, 0.1) is 17.8 Å². The number of rotatable bonds is 4. The number of nitrogens with zero attached hydrogens (tertiary/aromatic N) is 4. The number of hydrogen-bond donors (Lipinski definition) is 1. The van der Waals surface area contributed by atoms with Crippen LogP contribution in [-0.4, -0.2) is 40.5 Å². The van der Waals surface area contributed by atoms with Gasteiger partial charge in [0.15, 0.2) is 0 Å². The Morgan fingerprint density at radius 1 is 1.03 bits per heavy atom. The number of benzene rings is 2. The Kier molecular flexibility index (Phi) is 6.29. The molecule has 0 aliphatic carbocycles. The second kappa shape index (κ2) is 9.67. The van der Waals surface area contributed by atoms with Gasteiger partial charge >= 0.3 is 6.03 Å². The molecule has 1 aromatic heterocycles. The second-order valence-electron chi connectivity index (χ2n) is 8.83. The highest BCUT2D eigenvalue weighted by atomic mass is 19.1. The van der Waals surface area contributed by atoms with Gasteiger partial charge in [0.2, 0.25) is 11.8 Å². The van der Waals surface area contributed by atoms with E-state index in [2.05, 4.69) is 10.2 Å². The number of halogens is 1. The molecule has 7 nitrogen and oxygen atoms in total. The highest BCUT2D eigenvalue weighted by Crippen LogP contribution is 2.32. The summed E-state index contributed by atoms with van der Waals surface area (Å²) in [6.07, 6.45) is 4.01. The van der Waals surface area contributed by atoms with Crippen LogP contribution in [-0.2, 0) is 13.0 Å². The Labute approximate surface area is 198 Å². The zero-order valence-electron chi connectivity index (χ0n) is 19.3. The van der Waals surface area contributed by atoms with Gasteiger partial charge < -0.3 is 19.9 Å². The van der Waals surface area contributed by atoms with Crippen LogP contribution in [0.2, 0.25) is 0 Å². The molecule has 2 aromatic carbocycles. The summed E-state index contributed by atoms with van der Waals surface area (Å²) in [5.74, 6) is 1.01. The number of ether oxygens (including phenoxy) is 1. The normalized spacial score (nSPS) is 15.6. The van der Waals surface area contributed by atoms with Crippen LogP contribution < -0.4 is 15.0 Å². The van der Waals surface area contributed by atoms with Gasteiger partial charge in [-0.05, 0) is 50.5 Å². The summed E-state index contributed by atoms with van der Waals surface area (Å²) < 4.78 is 19.9. The first-order valence-corrected chi connectivity index (χ1v) is 11.8. The second-order valence-corrected chi connectivity index (χ2v) is 8.83. The molecular formula is C26H28FN5O2. The zero-order valence-corrected chi connectivity index (χ0v) is 19.3. The summed E-state index contributed by atoms with van der Waals surface area (Å²) in [5, 5.41) is 2.96. The van der Waals surface area contributed by atoms with E-state index in [9.17, 15) is 9.18 Å². The van der Waals surface area contributed by atoms with E-state index in [0.29, 0.717) is 37.1 Å². The van der Waals surface area contributed by atoms with E-state index in [1.54, 1.807) is 17.0 Å². The van der Waals surface area contributed by atoms with Crippen molar-refractivity contribution in [3.05, 3.63) is 71.2 Å². The third-order valence-corrected chi connectivity index (χ3v) is 6.25. The molecule has 3 aromatic rings. The lowest BCUT2D eigenvalue weighted by atomic mass is 10.1. The van der Waals surface area contributed by atoms with Gasteiger partial charge in [-0.3, -0.25) is 0 Å². The lowest BCUT2D eigenvalue weighted by molar-refractivity contribution is 0.205. The molecule has 1 saturated heterocycles. The number of anilines is 2. The lowest BCUT2D eigenvalue weighted by Gasteiger charge is -2.32. The van der Waals surface area contributed by atoms with Crippen LogP contribution in [0, 0.1) is 12.7 Å². The summed E-state index contributed by atoms with van der Waals surface area (Å²) in [6, 6.07) is 13.5. The molecule has 8 heteroatoms. The van der Waals surface area contributed by atoms with Gasteiger partial charge in [-0.15, -0.1) is 0 Å². The molecule has 2 amide bonds. The zero-order chi connectivity index (χ0) is 23.5. The molecule has 0 atom stereocenters. The Morgan fingerprint density at radius 3 is 2.59 bits per heavy atom. The minimum atomic E-state index is -0.379. The summed E-state index contributed by atoms with van der Waals surface area (Å²) in [6.45, 7) is 4.68. The highest BCUT2D eigenvalue weighted by molar-refractivity contribution is 5.89.